The monoisotopic (exact) mass is 384 g/mol. The molecule has 0 saturated heterocycles. The molecule has 1 atom stereocenters. The van der Waals surface area contributed by atoms with Gasteiger partial charge in [0.05, 0.1) is 22.5 Å². The van der Waals surface area contributed by atoms with Gasteiger partial charge in [0.2, 0.25) is 10.0 Å². The summed E-state index contributed by atoms with van der Waals surface area (Å²) < 4.78 is 26.6. The van der Waals surface area contributed by atoms with E-state index in [4.69, 9.17) is 28.5 Å². The van der Waals surface area contributed by atoms with Gasteiger partial charge in [-0.05, 0) is 19.1 Å². The molecule has 1 aromatic rings. The Hall–Kier alpha value is -0.320. The summed E-state index contributed by atoms with van der Waals surface area (Å²) in [5.41, 5.74) is 0. The first-order chi connectivity index (χ1) is 8.71. The van der Waals surface area contributed by atoms with Crippen LogP contribution in [0.15, 0.2) is 21.5 Å². The number of rotatable bonds is 4. The molecule has 0 heterocycles. The molecule has 0 N–H and O–H groups in total. The lowest BCUT2D eigenvalue weighted by Crippen LogP contribution is -2.35. The third-order valence-corrected chi connectivity index (χ3v) is 5.96. The molecule has 19 heavy (non-hydrogen) atoms. The molecular formula is C11H11BrCl2N2O2S. The lowest BCUT2D eigenvalue weighted by Gasteiger charge is -2.23. The normalized spacial score (nSPS) is 13.3. The standard InChI is InChI=1S/C11H11BrCl2N2O2S/c1-7(3-4-15)16(2)19(17,18)11-9(13)5-8(12)6-10(11)14/h5-7H,3H2,1-2H3. The minimum Gasteiger partial charge on any atom is -0.207 e. The largest absolute Gasteiger partial charge is 0.246 e. The maximum absolute atomic E-state index is 12.4. The minimum atomic E-state index is -3.84. The van der Waals surface area contributed by atoms with Crippen molar-refractivity contribution in [1.29, 1.82) is 5.26 Å². The first-order valence-electron chi connectivity index (χ1n) is 5.21. The van der Waals surface area contributed by atoms with Crippen LogP contribution < -0.4 is 0 Å². The average molecular weight is 386 g/mol. The molecule has 8 heteroatoms. The average Bonchev–Trinajstić information content (AvgIpc) is 2.26. The highest BCUT2D eigenvalue weighted by molar-refractivity contribution is 9.10. The van der Waals surface area contributed by atoms with E-state index in [-0.39, 0.29) is 21.4 Å². The van der Waals surface area contributed by atoms with Gasteiger partial charge in [0, 0.05) is 17.6 Å². The molecule has 0 saturated carbocycles. The molecule has 0 amide bonds. The van der Waals surface area contributed by atoms with Crippen molar-refractivity contribution in [2.75, 3.05) is 7.05 Å². The number of nitriles is 1. The second kappa shape index (κ2) is 6.42. The van der Waals surface area contributed by atoms with Gasteiger partial charge in [-0.2, -0.15) is 9.57 Å². The number of benzene rings is 1. The molecule has 0 radical (unpaired) electrons. The molecule has 0 spiro atoms. The van der Waals surface area contributed by atoms with Gasteiger partial charge >= 0.3 is 0 Å². The van der Waals surface area contributed by atoms with Crippen LogP contribution in [0.3, 0.4) is 0 Å². The summed E-state index contributed by atoms with van der Waals surface area (Å²) in [6.45, 7) is 1.64. The summed E-state index contributed by atoms with van der Waals surface area (Å²) in [6, 6.07) is 4.39. The topological polar surface area (TPSA) is 61.2 Å². The SMILES string of the molecule is CC(CC#N)N(C)S(=O)(=O)c1c(Cl)cc(Br)cc1Cl. The zero-order valence-corrected chi connectivity index (χ0v) is 14.1. The van der Waals surface area contributed by atoms with Gasteiger partial charge in [-0.3, -0.25) is 0 Å². The van der Waals surface area contributed by atoms with Crippen LogP contribution in [-0.2, 0) is 10.0 Å². The quantitative estimate of drug-likeness (QED) is 0.794. The van der Waals surface area contributed by atoms with E-state index in [2.05, 4.69) is 15.9 Å². The molecule has 1 unspecified atom stereocenters. The first-order valence-corrected chi connectivity index (χ1v) is 8.20. The van der Waals surface area contributed by atoms with Crippen LogP contribution in [-0.4, -0.2) is 25.8 Å². The van der Waals surface area contributed by atoms with E-state index in [1.807, 2.05) is 6.07 Å². The Morgan fingerprint density at radius 2 is 1.89 bits per heavy atom. The van der Waals surface area contributed by atoms with Gasteiger partial charge in [0.15, 0.2) is 0 Å². The number of hydrogen-bond acceptors (Lipinski definition) is 3. The molecule has 1 aromatic carbocycles. The van der Waals surface area contributed by atoms with Crippen molar-refractivity contribution in [2.24, 2.45) is 0 Å². The van der Waals surface area contributed by atoms with Crippen molar-refractivity contribution < 1.29 is 8.42 Å². The Bertz CT molecular complexity index is 605. The second-order valence-electron chi connectivity index (χ2n) is 3.93. The molecule has 0 aliphatic carbocycles. The number of sulfonamides is 1. The van der Waals surface area contributed by atoms with Crippen LogP contribution in [0.5, 0.6) is 0 Å². The fourth-order valence-corrected chi connectivity index (χ4v) is 4.66. The Kier molecular flexibility index (Phi) is 5.65. The summed E-state index contributed by atoms with van der Waals surface area (Å²) in [5.74, 6) is 0. The van der Waals surface area contributed by atoms with Crippen molar-refractivity contribution >= 4 is 49.2 Å². The van der Waals surface area contributed by atoms with Crippen LogP contribution in [0.25, 0.3) is 0 Å². The van der Waals surface area contributed by atoms with Crippen molar-refractivity contribution in [1.82, 2.24) is 4.31 Å². The summed E-state index contributed by atoms with van der Waals surface area (Å²) in [7, 11) is -2.45. The molecular weight excluding hydrogens is 375 g/mol. The van der Waals surface area contributed by atoms with E-state index >= 15 is 0 Å². The first kappa shape index (κ1) is 16.7. The van der Waals surface area contributed by atoms with E-state index in [0.29, 0.717) is 4.47 Å². The number of hydrogen-bond donors (Lipinski definition) is 0. The van der Waals surface area contributed by atoms with Crippen molar-refractivity contribution in [3.63, 3.8) is 0 Å². The third kappa shape index (κ3) is 3.61. The molecule has 104 valence electrons. The second-order valence-corrected chi connectivity index (χ2v) is 7.60. The third-order valence-electron chi connectivity index (χ3n) is 2.61. The van der Waals surface area contributed by atoms with Crippen LogP contribution in [0, 0.1) is 11.3 Å². The van der Waals surface area contributed by atoms with E-state index in [9.17, 15) is 8.42 Å². The van der Waals surface area contributed by atoms with Crippen molar-refractivity contribution in [3.05, 3.63) is 26.7 Å². The molecule has 4 nitrogen and oxygen atoms in total. The number of nitrogens with zero attached hydrogens (tertiary/aromatic N) is 2. The van der Waals surface area contributed by atoms with E-state index in [1.54, 1.807) is 6.92 Å². The summed E-state index contributed by atoms with van der Waals surface area (Å²) in [4.78, 5) is -0.147. The highest BCUT2D eigenvalue weighted by Gasteiger charge is 2.29. The van der Waals surface area contributed by atoms with Crippen molar-refractivity contribution in [3.8, 4) is 6.07 Å². The molecule has 0 aliphatic rings. The van der Waals surface area contributed by atoms with Gasteiger partial charge in [0.25, 0.3) is 0 Å². The van der Waals surface area contributed by atoms with E-state index in [1.165, 1.54) is 19.2 Å². The Morgan fingerprint density at radius 3 is 2.32 bits per heavy atom. The van der Waals surface area contributed by atoms with Crippen molar-refractivity contribution in [2.45, 2.75) is 24.3 Å². The van der Waals surface area contributed by atoms with Gasteiger partial charge < -0.3 is 0 Å². The number of halogens is 3. The molecule has 0 aliphatic heterocycles. The molecule has 0 fully saturated rings. The van der Waals surface area contributed by atoms with Crippen LogP contribution in [0.2, 0.25) is 10.0 Å². The Labute approximate surface area is 131 Å². The molecule has 0 aromatic heterocycles. The van der Waals surface area contributed by atoms with Gasteiger partial charge in [-0.25, -0.2) is 8.42 Å². The fourth-order valence-electron chi connectivity index (χ4n) is 1.42. The summed E-state index contributed by atoms with van der Waals surface area (Å²) in [6.07, 6.45) is 0.0848. The van der Waals surface area contributed by atoms with Crippen LogP contribution in [0.4, 0.5) is 0 Å². The Balaban J connectivity index is 3.33. The van der Waals surface area contributed by atoms with E-state index < -0.39 is 16.1 Å². The lowest BCUT2D eigenvalue weighted by atomic mass is 10.3. The zero-order valence-electron chi connectivity index (χ0n) is 10.2. The van der Waals surface area contributed by atoms with Gasteiger partial charge in [0.1, 0.15) is 4.90 Å². The maximum atomic E-state index is 12.4. The van der Waals surface area contributed by atoms with Crippen LogP contribution >= 0.6 is 39.1 Å². The molecule has 1 rings (SSSR count). The Morgan fingerprint density at radius 1 is 1.42 bits per heavy atom. The minimum absolute atomic E-state index is 0.0374. The smallest absolute Gasteiger partial charge is 0.207 e. The zero-order chi connectivity index (χ0) is 14.8. The predicted molar refractivity (Wildman–Crippen MR) is 78.8 cm³/mol. The highest BCUT2D eigenvalue weighted by atomic mass is 79.9. The summed E-state index contributed by atoms with van der Waals surface area (Å²) in [5, 5.41) is 8.71. The highest BCUT2D eigenvalue weighted by Crippen LogP contribution is 2.34. The fraction of sp³-hybridized carbons (Fsp3) is 0.364. The summed E-state index contributed by atoms with van der Waals surface area (Å²) >= 11 is 15.1. The van der Waals surface area contributed by atoms with E-state index in [0.717, 1.165) is 4.31 Å². The van der Waals surface area contributed by atoms with Gasteiger partial charge in [-0.1, -0.05) is 39.1 Å². The predicted octanol–water partition coefficient (Wildman–Crippen LogP) is 3.68. The lowest BCUT2D eigenvalue weighted by molar-refractivity contribution is 0.393. The van der Waals surface area contributed by atoms with Gasteiger partial charge in [-0.15, -0.1) is 0 Å². The van der Waals surface area contributed by atoms with Crippen LogP contribution in [0.1, 0.15) is 13.3 Å². The maximum Gasteiger partial charge on any atom is 0.246 e. The molecule has 0 bridgehead atoms.